The molecule has 3 fully saturated rings. The van der Waals surface area contributed by atoms with Crippen molar-refractivity contribution in [3.05, 3.63) is 0 Å². The van der Waals surface area contributed by atoms with Gasteiger partial charge >= 0.3 is 0 Å². The molecule has 108 valence electrons. The fourth-order valence-corrected chi connectivity index (χ4v) is 3.02. The Balaban J connectivity index is 1.92. The highest BCUT2D eigenvalue weighted by molar-refractivity contribution is 5.73. The summed E-state index contributed by atoms with van der Waals surface area (Å²) < 4.78 is 23.0. The van der Waals surface area contributed by atoms with Crippen LogP contribution in [0.4, 0.5) is 0 Å². The van der Waals surface area contributed by atoms with Crippen LogP contribution < -0.4 is 5.32 Å². The molecule has 3 saturated heterocycles. The van der Waals surface area contributed by atoms with Gasteiger partial charge in [0.05, 0.1) is 13.2 Å². The van der Waals surface area contributed by atoms with Crippen molar-refractivity contribution in [2.75, 3.05) is 13.2 Å². The van der Waals surface area contributed by atoms with Crippen LogP contribution in [0.1, 0.15) is 20.8 Å². The van der Waals surface area contributed by atoms with Crippen LogP contribution in [0, 0.1) is 0 Å². The number of carbonyl (C=O) groups excluding carboxylic acids is 1. The summed E-state index contributed by atoms with van der Waals surface area (Å²) in [5.74, 6) is -0.963. The maximum absolute atomic E-state index is 11.3. The Morgan fingerprint density at radius 1 is 1.37 bits per heavy atom. The van der Waals surface area contributed by atoms with Crippen molar-refractivity contribution in [1.29, 1.82) is 0 Å². The molecule has 1 unspecified atom stereocenters. The summed E-state index contributed by atoms with van der Waals surface area (Å²) in [5.41, 5.74) is -0.905. The number of amides is 1. The minimum absolute atomic E-state index is 0.187. The number of carbonyl (C=O) groups is 1. The molecule has 3 rings (SSSR count). The number of hydrogen-bond donors (Lipinski definition) is 2. The van der Waals surface area contributed by atoms with Crippen LogP contribution in [0.5, 0.6) is 0 Å². The second-order valence-electron chi connectivity index (χ2n) is 5.77. The number of fused-ring (bicyclic) bond motifs is 4. The van der Waals surface area contributed by atoms with Gasteiger partial charge in [-0.15, -0.1) is 0 Å². The molecule has 2 bridgehead atoms. The first-order chi connectivity index (χ1) is 8.87. The number of aliphatic hydroxyl groups excluding tert-OH is 1. The molecule has 0 aromatic carbocycles. The number of hydrogen-bond acceptors (Lipinski definition) is 6. The van der Waals surface area contributed by atoms with Crippen LogP contribution >= 0.6 is 0 Å². The minimum atomic E-state index is -0.905. The molecule has 7 nitrogen and oxygen atoms in total. The third-order valence-electron chi connectivity index (χ3n) is 3.78. The summed E-state index contributed by atoms with van der Waals surface area (Å²) in [5, 5.41) is 12.4. The monoisotopic (exact) mass is 273 g/mol. The number of aliphatic hydroxyl groups is 1. The molecular formula is C12H19NO6. The highest BCUT2D eigenvalue weighted by Gasteiger charge is 2.65. The van der Waals surface area contributed by atoms with Gasteiger partial charge in [0.2, 0.25) is 5.91 Å². The Morgan fingerprint density at radius 3 is 2.74 bits per heavy atom. The van der Waals surface area contributed by atoms with E-state index in [1.807, 2.05) is 0 Å². The zero-order chi connectivity index (χ0) is 13.8. The van der Waals surface area contributed by atoms with Crippen LogP contribution in [0.25, 0.3) is 0 Å². The quantitative estimate of drug-likeness (QED) is 0.680. The van der Waals surface area contributed by atoms with E-state index in [1.54, 1.807) is 13.8 Å². The van der Waals surface area contributed by atoms with E-state index in [2.05, 4.69) is 5.32 Å². The maximum Gasteiger partial charge on any atom is 0.217 e. The molecule has 0 aliphatic carbocycles. The van der Waals surface area contributed by atoms with E-state index in [4.69, 9.17) is 18.9 Å². The summed E-state index contributed by atoms with van der Waals surface area (Å²) in [6, 6.07) is -0.438. The van der Waals surface area contributed by atoms with E-state index in [-0.39, 0.29) is 19.1 Å². The van der Waals surface area contributed by atoms with Gasteiger partial charge in [-0.1, -0.05) is 0 Å². The number of ether oxygens (including phenoxy) is 4. The van der Waals surface area contributed by atoms with Gasteiger partial charge < -0.3 is 29.4 Å². The lowest BCUT2D eigenvalue weighted by molar-refractivity contribution is -0.208. The molecule has 2 N–H and O–H groups in total. The predicted molar refractivity (Wildman–Crippen MR) is 62.1 cm³/mol. The van der Waals surface area contributed by atoms with E-state index < -0.39 is 35.9 Å². The van der Waals surface area contributed by atoms with Crippen LogP contribution in [-0.4, -0.2) is 60.2 Å². The Morgan fingerprint density at radius 2 is 2.11 bits per heavy atom. The lowest BCUT2D eigenvalue weighted by atomic mass is 9.88. The fourth-order valence-electron chi connectivity index (χ4n) is 3.02. The SMILES string of the molecule is CC(=O)NC1[C@H]2OC[C@](CO)(O2)[C@@H]2OC(C)(C)O[C@H]12. The van der Waals surface area contributed by atoms with Crippen molar-refractivity contribution < 1.29 is 28.8 Å². The van der Waals surface area contributed by atoms with Crippen molar-refractivity contribution in [2.45, 2.75) is 56.7 Å². The first-order valence-corrected chi connectivity index (χ1v) is 6.40. The topological polar surface area (TPSA) is 86.3 Å². The molecule has 0 saturated carbocycles. The largest absolute Gasteiger partial charge is 0.393 e. The normalized spacial score (nSPS) is 46.9. The van der Waals surface area contributed by atoms with E-state index >= 15 is 0 Å². The molecule has 0 aromatic rings. The Hall–Kier alpha value is -0.730. The lowest BCUT2D eigenvalue weighted by Gasteiger charge is -2.41. The molecular weight excluding hydrogens is 254 g/mol. The summed E-state index contributed by atoms with van der Waals surface area (Å²) in [7, 11) is 0. The van der Waals surface area contributed by atoms with Gasteiger partial charge in [0.1, 0.15) is 23.9 Å². The van der Waals surface area contributed by atoms with Gasteiger partial charge in [0.15, 0.2) is 12.1 Å². The molecule has 3 heterocycles. The van der Waals surface area contributed by atoms with Gasteiger partial charge in [-0.25, -0.2) is 0 Å². The van der Waals surface area contributed by atoms with Crippen LogP contribution in [0.2, 0.25) is 0 Å². The zero-order valence-electron chi connectivity index (χ0n) is 11.2. The average Bonchev–Trinajstić information content (AvgIpc) is 2.85. The van der Waals surface area contributed by atoms with E-state index in [9.17, 15) is 9.90 Å². The van der Waals surface area contributed by atoms with Crippen LogP contribution in [0.3, 0.4) is 0 Å². The molecule has 19 heavy (non-hydrogen) atoms. The average molecular weight is 273 g/mol. The summed E-state index contributed by atoms with van der Waals surface area (Å²) >= 11 is 0. The molecule has 0 aromatic heterocycles. The first-order valence-electron chi connectivity index (χ1n) is 6.40. The fraction of sp³-hybridized carbons (Fsp3) is 0.917. The van der Waals surface area contributed by atoms with Crippen molar-refractivity contribution in [3.8, 4) is 0 Å². The highest BCUT2D eigenvalue weighted by atomic mass is 16.8. The molecule has 0 spiro atoms. The summed E-state index contributed by atoms with van der Waals surface area (Å²) in [6.45, 7) is 5.05. The van der Waals surface area contributed by atoms with Crippen molar-refractivity contribution in [3.63, 3.8) is 0 Å². The van der Waals surface area contributed by atoms with Gasteiger partial charge in [0.25, 0.3) is 0 Å². The predicted octanol–water partition coefficient (Wildman–Crippen LogP) is -0.871. The number of nitrogens with one attached hydrogen (secondary N) is 1. The van der Waals surface area contributed by atoms with Gasteiger partial charge in [-0.3, -0.25) is 4.79 Å². The Bertz CT molecular complexity index is 400. The summed E-state index contributed by atoms with van der Waals surface area (Å²) in [4.78, 5) is 11.3. The molecule has 7 heteroatoms. The highest BCUT2D eigenvalue weighted by Crippen LogP contribution is 2.45. The first kappa shape index (κ1) is 13.3. The molecule has 3 aliphatic heterocycles. The number of rotatable bonds is 2. The molecule has 3 aliphatic rings. The van der Waals surface area contributed by atoms with Crippen molar-refractivity contribution in [1.82, 2.24) is 5.32 Å². The second-order valence-corrected chi connectivity index (χ2v) is 5.77. The van der Waals surface area contributed by atoms with Crippen molar-refractivity contribution in [2.24, 2.45) is 0 Å². The Labute approximate surface area is 111 Å². The second kappa shape index (κ2) is 4.13. The van der Waals surface area contributed by atoms with Gasteiger partial charge in [-0.2, -0.15) is 0 Å². The third-order valence-corrected chi connectivity index (χ3v) is 3.78. The van der Waals surface area contributed by atoms with Gasteiger partial charge in [0, 0.05) is 6.92 Å². The summed E-state index contributed by atoms with van der Waals surface area (Å²) in [6.07, 6.45) is -1.48. The smallest absolute Gasteiger partial charge is 0.217 e. The molecule has 1 amide bonds. The maximum atomic E-state index is 11.3. The van der Waals surface area contributed by atoms with Gasteiger partial charge in [-0.05, 0) is 13.8 Å². The standard InChI is InChI=1S/C12H19NO6/c1-6(15)13-7-8-9(18-11(2,3)17-8)12(4-14)5-16-10(7)19-12/h7-10,14H,4-5H2,1-3H3,(H,13,15)/t7?,8-,9-,10+,12+/m1/s1. The zero-order valence-corrected chi connectivity index (χ0v) is 11.2. The minimum Gasteiger partial charge on any atom is -0.393 e. The van der Waals surface area contributed by atoms with E-state index in [0.29, 0.717) is 0 Å². The van der Waals surface area contributed by atoms with E-state index in [0.717, 1.165) is 0 Å². The van der Waals surface area contributed by atoms with E-state index in [1.165, 1.54) is 6.92 Å². The molecule has 5 atom stereocenters. The Kier molecular flexibility index (Phi) is 2.88. The van der Waals surface area contributed by atoms with Crippen LogP contribution in [0.15, 0.2) is 0 Å². The van der Waals surface area contributed by atoms with Crippen LogP contribution in [-0.2, 0) is 23.7 Å². The molecule has 0 radical (unpaired) electrons. The van der Waals surface area contributed by atoms with Crippen molar-refractivity contribution >= 4 is 5.91 Å². The third kappa shape index (κ3) is 1.96. The lowest BCUT2D eigenvalue weighted by Crippen LogP contribution is -2.65.